The molecule has 1 heterocycles. The van der Waals surface area contributed by atoms with Gasteiger partial charge in [-0.05, 0) is 18.9 Å². The molecule has 0 saturated carbocycles. The van der Waals surface area contributed by atoms with Crippen molar-refractivity contribution in [3.05, 3.63) is 48.0 Å². The fourth-order valence-corrected chi connectivity index (χ4v) is 1.74. The van der Waals surface area contributed by atoms with Gasteiger partial charge in [-0.1, -0.05) is 26.2 Å². The van der Waals surface area contributed by atoms with Gasteiger partial charge in [0.1, 0.15) is 17.1 Å². The molecule has 24 heavy (non-hydrogen) atoms. The van der Waals surface area contributed by atoms with E-state index in [2.05, 4.69) is 33.8 Å². The maximum absolute atomic E-state index is 13.1. The number of alkyl halides is 3. The fraction of sp³-hybridized carbons (Fsp3) is 0.375. The number of halogens is 3. The lowest BCUT2D eigenvalue weighted by Crippen LogP contribution is -2.16. The summed E-state index contributed by atoms with van der Waals surface area (Å²) in [6.07, 6.45) is -1.79. The molecule has 0 bridgehead atoms. The molecule has 1 rings (SSSR count). The topological polar surface area (TPSA) is 59.1 Å². The van der Waals surface area contributed by atoms with Crippen LogP contribution in [0.25, 0.3) is 0 Å². The van der Waals surface area contributed by atoms with Crippen LogP contribution in [0, 0.1) is 0 Å². The third kappa shape index (κ3) is 5.29. The summed E-state index contributed by atoms with van der Waals surface area (Å²) < 4.78 is 44.4. The molecule has 0 aliphatic heterocycles. The summed E-state index contributed by atoms with van der Waals surface area (Å²) in [5, 5.41) is 5.50. The lowest BCUT2D eigenvalue weighted by molar-refractivity contribution is -0.137. The monoisotopic (exact) mass is 342 g/mol. The molecule has 0 aromatic carbocycles. The van der Waals surface area contributed by atoms with Crippen LogP contribution in [0.15, 0.2) is 42.5 Å². The second kappa shape index (κ2) is 8.37. The fourth-order valence-electron chi connectivity index (χ4n) is 1.74. The molecule has 0 aliphatic carbocycles. The predicted molar refractivity (Wildman–Crippen MR) is 88.5 cm³/mol. The second-order valence-corrected chi connectivity index (χ2v) is 4.89. The highest BCUT2D eigenvalue weighted by Gasteiger charge is 2.35. The molecule has 0 spiro atoms. The molecule has 0 atom stereocenters. The van der Waals surface area contributed by atoms with Crippen molar-refractivity contribution >= 4 is 11.8 Å². The van der Waals surface area contributed by atoms with E-state index in [4.69, 9.17) is 4.74 Å². The molecule has 0 aliphatic rings. The molecule has 2 N–H and O–H groups in total. The van der Waals surface area contributed by atoms with Crippen molar-refractivity contribution in [2.75, 3.05) is 24.3 Å². The Hall–Kier alpha value is -2.51. The summed E-state index contributed by atoms with van der Waals surface area (Å²) in [6.45, 7) is 10.9. The molecule has 0 unspecified atom stereocenters. The van der Waals surface area contributed by atoms with E-state index in [9.17, 15) is 13.2 Å². The largest absolute Gasteiger partial charge is 0.500 e. The molecule has 1 aromatic heterocycles. The van der Waals surface area contributed by atoms with Crippen LogP contribution in [0.3, 0.4) is 0 Å². The summed E-state index contributed by atoms with van der Waals surface area (Å²) in [5.74, 6) is 0.326. The molecule has 0 amide bonds. The van der Waals surface area contributed by atoms with Crippen LogP contribution in [0.4, 0.5) is 24.9 Å². The van der Waals surface area contributed by atoms with Crippen LogP contribution in [-0.2, 0) is 10.9 Å². The molecule has 0 fully saturated rings. The van der Waals surface area contributed by atoms with E-state index in [0.717, 1.165) is 6.20 Å². The highest BCUT2D eigenvalue weighted by Crippen LogP contribution is 2.34. The van der Waals surface area contributed by atoms with E-state index >= 15 is 0 Å². The molecular weight excluding hydrogens is 321 g/mol. The zero-order valence-electron chi connectivity index (χ0n) is 13.9. The molecule has 8 heteroatoms. The predicted octanol–water partition coefficient (Wildman–Crippen LogP) is 4.35. The van der Waals surface area contributed by atoms with Gasteiger partial charge in [0.15, 0.2) is 0 Å². The Balaban J connectivity index is 3.17. The number of nitrogens with one attached hydrogen (secondary N) is 2. The number of methoxy groups -OCH3 is 1. The van der Waals surface area contributed by atoms with Crippen LogP contribution < -0.4 is 10.6 Å². The number of rotatable bonds is 8. The van der Waals surface area contributed by atoms with E-state index in [1.165, 1.54) is 13.2 Å². The van der Waals surface area contributed by atoms with Crippen LogP contribution in [0.2, 0.25) is 0 Å². The first kappa shape index (κ1) is 19.5. The van der Waals surface area contributed by atoms with E-state index in [0.29, 0.717) is 23.5 Å². The number of nitrogens with zero attached hydrogens (tertiary/aromatic N) is 2. The normalized spacial score (nSPS) is 12.2. The SMILES string of the molecule is C=CC(=C)CNc1nc(N/C(CC)=C(/C)OC)ncc1C(F)(F)F. The summed E-state index contributed by atoms with van der Waals surface area (Å²) >= 11 is 0. The van der Waals surface area contributed by atoms with Gasteiger partial charge in [0.25, 0.3) is 0 Å². The summed E-state index contributed by atoms with van der Waals surface area (Å²) in [7, 11) is 1.51. The molecule has 1 aromatic rings. The Labute approximate surface area is 139 Å². The molecule has 132 valence electrons. The minimum absolute atomic E-state index is 0.0444. The third-order valence-electron chi connectivity index (χ3n) is 3.21. The smallest absolute Gasteiger partial charge is 0.421 e. The first-order valence-corrected chi connectivity index (χ1v) is 7.22. The summed E-state index contributed by atoms with van der Waals surface area (Å²) in [5.41, 5.74) is 0.273. The Morgan fingerprint density at radius 3 is 2.58 bits per heavy atom. The Morgan fingerprint density at radius 2 is 2.08 bits per heavy atom. The van der Waals surface area contributed by atoms with Gasteiger partial charge in [0.2, 0.25) is 5.95 Å². The van der Waals surface area contributed by atoms with Gasteiger partial charge < -0.3 is 15.4 Å². The zero-order valence-corrected chi connectivity index (χ0v) is 13.9. The van der Waals surface area contributed by atoms with E-state index < -0.39 is 11.7 Å². The van der Waals surface area contributed by atoms with Crippen molar-refractivity contribution in [1.29, 1.82) is 0 Å². The lowest BCUT2D eigenvalue weighted by atomic mass is 10.2. The quantitative estimate of drug-likeness (QED) is 0.543. The minimum Gasteiger partial charge on any atom is -0.500 e. The van der Waals surface area contributed by atoms with Gasteiger partial charge >= 0.3 is 6.18 Å². The second-order valence-electron chi connectivity index (χ2n) is 4.89. The first-order valence-electron chi connectivity index (χ1n) is 7.22. The van der Waals surface area contributed by atoms with Crippen molar-refractivity contribution in [3.63, 3.8) is 0 Å². The Morgan fingerprint density at radius 1 is 1.42 bits per heavy atom. The summed E-state index contributed by atoms with van der Waals surface area (Å²) in [4.78, 5) is 7.67. The van der Waals surface area contributed by atoms with Crippen LogP contribution >= 0.6 is 0 Å². The van der Waals surface area contributed by atoms with Gasteiger partial charge in [0.05, 0.1) is 12.8 Å². The number of aromatic nitrogens is 2. The highest BCUT2D eigenvalue weighted by atomic mass is 19.4. The van der Waals surface area contributed by atoms with Crippen molar-refractivity contribution in [2.24, 2.45) is 0 Å². The molecule has 0 saturated heterocycles. The number of ether oxygens (including phenoxy) is 1. The standard InChI is InChI=1S/C16H21F3N4O/c1-6-10(3)8-20-14-12(16(17,18)19)9-21-15(23-14)22-13(7-2)11(4)24-5/h6,9H,1,3,7-8H2,2,4-5H3,(H2,20,21,22,23)/b13-11-. The molecular formula is C16H21F3N4O. The summed E-state index contributed by atoms with van der Waals surface area (Å²) in [6, 6.07) is 0. The van der Waals surface area contributed by atoms with Gasteiger partial charge in [-0.25, -0.2) is 4.98 Å². The van der Waals surface area contributed by atoms with Crippen LogP contribution in [-0.4, -0.2) is 23.6 Å². The average molecular weight is 342 g/mol. The highest BCUT2D eigenvalue weighted by molar-refractivity contribution is 5.51. The lowest BCUT2D eigenvalue weighted by Gasteiger charge is -2.16. The van der Waals surface area contributed by atoms with Crippen molar-refractivity contribution in [3.8, 4) is 0 Å². The third-order valence-corrected chi connectivity index (χ3v) is 3.21. The number of anilines is 2. The zero-order chi connectivity index (χ0) is 18.3. The molecule has 5 nitrogen and oxygen atoms in total. The van der Waals surface area contributed by atoms with Crippen molar-refractivity contribution in [1.82, 2.24) is 9.97 Å². The number of allylic oxidation sites excluding steroid dienone is 2. The van der Waals surface area contributed by atoms with E-state index in [1.54, 1.807) is 6.92 Å². The first-order chi connectivity index (χ1) is 11.2. The van der Waals surface area contributed by atoms with Gasteiger partial charge in [0, 0.05) is 12.7 Å². The van der Waals surface area contributed by atoms with Crippen molar-refractivity contribution in [2.45, 2.75) is 26.4 Å². The molecule has 0 radical (unpaired) electrons. The average Bonchev–Trinajstić information content (AvgIpc) is 2.55. The minimum atomic E-state index is -4.57. The van der Waals surface area contributed by atoms with Crippen LogP contribution in [0.5, 0.6) is 0 Å². The van der Waals surface area contributed by atoms with Gasteiger partial charge in [-0.15, -0.1) is 0 Å². The van der Waals surface area contributed by atoms with E-state index in [-0.39, 0.29) is 18.3 Å². The maximum atomic E-state index is 13.1. The van der Waals surface area contributed by atoms with Crippen molar-refractivity contribution < 1.29 is 17.9 Å². The van der Waals surface area contributed by atoms with E-state index in [1.807, 2.05) is 6.92 Å². The van der Waals surface area contributed by atoms with Crippen LogP contribution in [0.1, 0.15) is 25.8 Å². The maximum Gasteiger partial charge on any atom is 0.421 e. The van der Waals surface area contributed by atoms with Gasteiger partial charge in [-0.2, -0.15) is 18.2 Å². The number of hydrogen-bond acceptors (Lipinski definition) is 5. The Bertz CT molecular complexity index is 639. The van der Waals surface area contributed by atoms with Gasteiger partial charge in [-0.3, -0.25) is 0 Å². The Kier molecular flexibility index (Phi) is 6.82. The number of hydrogen-bond donors (Lipinski definition) is 2.